The molecule has 0 saturated carbocycles. The fraction of sp³-hybridized carbons (Fsp3) is 0.333. The Bertz CT molecular complexity index is 379. The zero-order valence-corrected chi connectivity index (χ0v) is 10.1. The van der Waals surface area contributed by atoms with Crippen LogP contribution in [0.15, 0.2) is 30.3 Å². The Morgan fingerprint density at radius 2 is 1.56 bits per heavy atom. The zero-order chi connectivity index (χ0) is 14.1. The summed E-state index contributed by atoms with van der Waals surface area (Å²) in [4.78, 5) is 20.0. The fourth-order valence-electron chi connectivity index (χ4n) is 0.955. The first-order valence-corrected chi connectivity index (χ1v) is 5.35. The average molecular weight is 254 g/mol. The normalized spacial score (nSPS) is 12.8. The lowest BCUT2D eigenvalue weighted by atomic mass is 10.1. The molecule has 1 aromatic carbocycles. The summed E-state index contributed by atoms with van der Waals surface area (Å²) in [5.74, 6) is -1.92. The van der Waals surface area contributed by atoms with E-state index in [2.05, 4.69) is 0 Å². The summed E-state index contributed by atoms with van der Waals surface area (Å²) >= 11 is 0. The third-order valence-electron chi connectivity index (χ3n) is 2.01. The molecule has 0 fully saturated rings. The molecule has 6 nitrogen and oxygen atoms in total. The van der Waals surface area contributed by atoms with Gasteiger partial charge in [-0.3, -0.25) is 9.59 Å². The van der Waals surface area contributed by atoms with Gasteiger partial charge in [-0.2, -0.15) is 0 Å². The van der Waals surface area contributed by atoms with Gasteiger partial charge in [0.05, 0.1) is 0 Å². The maximum atomic E-state index is 10.4. The number of carbonyl (C=O) groups is 2. The van der Waals surface area contributed by atoms with E-state index in [1.165, 1.54) is 6.92 Å². The van der Waals surface area contributed by atoms with Crippen molar-refractivity contribution >= 4 is 11.9 Å². The lowest BCUT2D eigenvalue weighted by Crippen LogP contribution is -2.32. The summed E-state index contributed by atoms with van der Waals surface area (Å²) in [6, 6.07) is 7.81. The van der Waals surface area contributed by atoms with Crippen LogP contribution in [0.2, 0.25) is 0 Å². The van der Waals surface area contributed by atoms with Crippen LogP contribution in [0.1, 0.15) is 12.5 Å². The quantitative estimate of drug-likeness (QED) is 0.601. The zero-order valence-electron chi connectivity index (χ0n) is 10.1. The van der Waals surface area contributed by atoms with Crippen LogP contribution in [0.5, 0.6) is 0 Å². The summed E-state index contributed by atoms with van der Waals surface area (Å²) in [5.41, 5.74) is 11.1. The predicted molar refractivity (Wildman–Crippen MR) is 67.0 cm³/mol. The monoisotopic (exact) mass is 254 g/mol. The van der Waals surface area contributed by atoms with Crippen LogP contribution in [-0.4, -0.2) is 34.2 Å². The minimum Gasteiger partial charge on any atom is -0.480 e. The van der Waals surface area contributed by atoms with E-state index in [0.717, 1.165) is 5.56 Å². The number of nitrogens with two attached hydrogens (primary N) is 2. The molecule has 1 rings (SSSR count). The van der Waals surface area contributed by atoms with Gasteiger partial charge in [-0.1, -0.05) is 30.3 Å². The van der Waals surface area contributed by atoms with E-state index in [4.69, 9.17) is 21.7 Å². The van der Waals surface area contributed by atoms with Crippen LogP contribution >= 0.6 is 0 Å². The average Bonchev–Trinajstić information content (AvgIpc) is 2.30. The van der Waals surface area contributed by atoms with Crippen molar-refractivity contribution in [3.63, 3.8) is 0 Å². The minimum atomic E-state index is -0.963. The number of carboxylic acid groups (broad SMARTS) is 2. The number of rotatable bonds is 4. The van der Waals surface area contributed by atoms with Crippen molar-refractivity contribution in [2.75, 3.05) is 0 Å². The second-order valence-corrected chi connectivity index (χ2v) is 3.76. The largest absolute Gasteiger partial charge is 0.480 e. The van der Waals surface area contributed by atoms with E-state index >= 15 is 0 Å². The van der Waals surface area contributed by atoms with Crippen LogP contribution in [-0.2, 0) is 16.0 Å². The highest BCUT2D eigenvalue weighted by atomic mass is 16.4. The number of benzene rings is 1. The van der Waals surface area contributed by atoms with Crippen LogP contribution in [0, 0.1) is 0 Å². The molecule has 0 spiro atoms. The summed E-state index contributed by atoms with van der Waals surface area (Å²) < 4.78 is 0. The van der Waals surface area contributed by atoms with Crippen LogP contribution in [0.3, 0.4) is 0 Å². The predicted octanol–water partition coefficient (Wildman–Crippen LogP) is 0.0592. The van der Waals surface area contributed by atoms with Crippen molar-refractivity contribution in [1.82, 2.24) is 0 Å². The second-order valence-electron chi connectivity index (χ2n) is 3.76. The number of hydrogen-bond acceptors (Lipinski definition) is 4. The molecule has 1 aromatic rings. The Labute approximate surface area is 105 Å². The van der Waals surface area contributed by atoms with Gasteiger partial charge in [0.15, 0.2) is 0 Å². The first-order valence-electron chi connectivity index (χ1n) is 5.35. The summed E-state index contributed by atoms with van der Waals surface area (Å²) in [6.07, 6.45) is 0.385. The number of aliphatic carboxylic acids is 2. The van der Waals surface area contributed by atoms with Crippen molar-refractivity contribution in [2.24, 2.45) is 11.5 Å². The lowest BCUT2D eigenvalue weighted by Gasteiger charge is -2.04. The maximum Gasteiger partial charge on any atom is 0.320 e. The Morgan fingerprint density at radius 3 is 1.89 bits per heavy atom. The Morgan fingerprint density at radius 1 is 1.11 bits per heavy atom. The molecule has 2 atom stereocenters. The standard InChI is InChI=1S/C9H11NO2.C3H7NO2/c10-8(9(11)12)6-7-4-2-1-3-5-7;1-2(4)3(5)6/h1-5,8H,6,10H2,(H,11,12);2H,4H2,1H3,(H,5,6)/t;2-/m.0/s1. The van der Waals surface area contributed by atoms with Gasteiger partial charge in [0.2, 0.25) is 0 Å². The first kappa shape index (κ1) is 16.1. The van der Waals surface area contributed by atoms with Gasteiger partial charge in [0, 0.05) is 0 Å². The third-order valence-corrected chi connectivity index (χ3v) is 2.01. The SMILES string of the molecule is C[C@H](N)C(=O)O.NC(Cc1ccccc1)C(=O)O. The molecule has 0 saturated heterocycles. The molecule has 0 aromatic heterocycles. The van der Waals surface area contributed by atoms with E-state index in [0.29, 0.717) is 6.42 Å². The van der Waals surface area contributed by atoms with Gasteiger partial charge in [-0.05, 0) is 18.9 Å². The van der Waals surface area contributed by atoms with Gasteiger partial charge < -0.3 is 21.7 Å². The topological polar surface area (TPSA) is 127 Å². The van der Waals surface area contributed by atoms with Crippen LogP contribution in [0.4, 0.5) is 0 Å². The van der Waals surface area contributed by atoms with E-state index in [-0.39, 0.29) is 0 Å². The third kappa shape index (κ3) is 7.37. The molecule has 0 aliphatic carbocycles. The highest BCUT2D eigenvalue weighted by molar-refractivity contribution is 5.73. The van der Waals surface area contributed by atoms with Crippen molar-refractivity contribution in [3.8, 4) is 0 Å². The number of hydrogen-bond donors (Lipinski definition) is 4. The van der Waals surface area contributed by atoms with Crippen LogP contribution < -0.4 is 11.5 Å². The fourth-order valence-corrected chi connectivity index (χ4v) is 0.955. The van der Waals surface area contributed by atoms with Gasteiger partial charge in [-0.25, -0.2) is 0 Å². The lowest BCUT2D eigenvalue weighted by molar-refractivity contribution is -0.139. The molecule has 18 heavy (non-hydrogen) atoms. The molecule has 0 bridgehead atoms. The second kappa shape index (κ2) is 8.21. The summed E-state index contributed by atoms with van der Waals surface area (Å²) in [7, 11) is 0. The maximum absolute atomic E-state index is 10.4. The summed E-state index contributed by atoms with van der Waals surface area (Å²) in [6.45, 7) is 1.42. The van der Waals surface area contributed by atoms with Gasteiger partial charge in [-0.15, -0.1) is 0 Å². The first-order chi connectivity index (χ1) is 8.34. The summed E-state index contributed by atoms with van der Waals surface area (Å²) in [5, 5.41) is 16.4. The van der Waals surface area contributed by atoms with E-state index in [9.17, 15) is 9.59 Å². The Kier molecular flexibility index (Phi) is 7.34. The molecule has 0 aliphatic rings. The molecule has 0 heterocycles. The van der Waals surface area contributed by atoms with Gasteiger partial charge >= 0.3 is 11.9 Å². The van der Waals surface area contributed by atoms with Crippen molar-refractivity contribution in [2.45, 2.75) is 25.4 Å². The van der Waals surface area contributed by atoms with Crippen molar-refractivity contribution < 1.29 is 19.8 Å². The number of carboxylic acids is 2. The van der Waals surface area contributed by atoms with E-state index < -0.39 is 24.0 Å². The Balaban J connectivity index is 0.000000411. The van der Waals surface area contributed by atoms with E-state index in [1.54, 1.807) is 0 Å². The molecule has 6 heteroatoms. The molecule has 0 radical (unpaired) electrons. The highest BCUT2D eigenvalue weighted by Crippen LogP contribution is 2.01. The Hall–Kier alpha value is -1.92. The van der Waals surface area contributed by atoms with Gasteiger partial charge in [0.1, 0.15) is 12.1 Å². The van der Waals surface area contributed by atoms with Gasteiger partial charge in [0.25, 0.3) is 0 Å². The van der Waals surface area contributed by atoms with Crippen molar-refractivity contribution in [1.29, 1.82) is 0 Å². The van der Waals surface area contributed by atoms with Crippen molar-refractivity contribution in [3.05, 3.63) is 35.9 Å². The van der Waals surface area contributed by atoms with E-state index in [1.807, 2.05) is 30.3 Å². The molecule has 100 valence electrons. The molecule has 6 N–H and O–H groups in total. The highest BCUT2D eigenvalue weighted by Gasteiger charge is 2.10. The molecule has 0 aliphatic heterocycles. The molecule has 0 amide bonds. The minimum absolute atomic E-state index is 0.385. The molecule has 1 unspecified atom stereocenters. The van der Waals surface area contributed by atoms with Crippen LogP contribution in [0.25, 0.3) is 0 Å². The smallest absolute Gasteiger partial charge is 0.320 e. The molecular weight excluding hydrogens is 236 g/mol. The molecular formula is C12H18N2O4.